The molecule has 19 heavy (non-hydrogen) atoms. The predicted molar refractivity (Wildman–Crippen MR) is 69.1 cm³/mol. The molecule has 0 unspecified atom stereocenters. The van der Waals surface area contributed by atoms with Gasteiger partial charge in [-0.1, -0.05) is 11.8 Å². The molecule has 0 bridgehead atoms. The van der Waals surface area contributed by atoms with Crippen LogP contribution < -0.4 is 5.32 Å². The standard InChI is InChI=1S/C11H14F2N4OS/c1-7-15-11(17(2)16-7)14-5-8-3-4-9(18-8)6-19-10(12)13/h3-4,10H,5-6H2,1-2H3,(H,14,15,16). The van der Waals surface area contributed by atoms with Gasteiger partial charge in [0.1, 0.15) is 17.3 Å². The van der Waals surface area contributed by atoms with Gasteiger partial charge in [0.05, 0.1) is 12.3 Å². The summed E-state index contributed by atoms with van der Waals surface area (Å²) in [6.07, 6.45) is 0. The van der Waals surface area contributed by atoms with Crippen molar-refractivity contribution >= 4 is 17.7 Å². The average molecular weight is 288 g/mol. The van der Waals surface area contributed by atoms with Crippen LogP contribution in [-0.2, 0) is 19.3 Å². The molecule has 0 spiro atoms. The van der Waals surface area contributed by atoms with Gasteiger partial charge in [0.15, 0.2) is 0 Å². The zero-order valence-electron chi connectivity index (χ0n) is 10.6. The molecule has 0 fully saturated rings. The first-order chi connectivity index (χ1) is 9.04. The highest BCUT2D eigenvalue weighted by atomic mass is 32.2. The van der Waals surface area contributed by atoms with Crippen LogP contribution in [-0.4, -0.2) is 20.5 Å². The molecular formula is C11H14F2N4OS. The maximum absolute atomic E-state index is 12.0. The number of aryl methyl sites for hydroxylation is 2. The molecule has 0 aliphatic rings. The van der Waals surface area contributed by atoms with E-state index in [1.165, 1.54) is 0 Å². The van der Waals surface area contributed by atoms with Crippen molar-refractivity contribution in [1.82, 2.24) is 14.8 Å². The third-order valence-electron chi connectivity index (χ3n) is 2.36. The molecule has 2 aromatic heterocycles. The summed E-state index contributed by atoms with van der Waals surface area (Å²) in [5.41, 5.74) is 0. The Morgan fingerprint density at radius 2 is 2.16 bits per heavy atom. The van der Waals surface area contributed by atoms with Crippen molar-refractivity contribution in [3.63, 3.8) is 0 Å². The summed E-state index contributed by atoms with van der Waals surface area (Å²) in [7, 11) is 1.79. The van der Waals surface area contributed by atoms with Gasteiger partial charge >= 0.3 is 0 Å². The number of aromatic nitrogens is 3. The van der Waals surface area contributed by atoms with E-state index in [1.54, 1.807) is 30.8 Å². The number of hydrogen-bond donors (Lipinski definition) is 1. The first kappa shape index (κ1) is 13.9. The summed E-state index contributed by atoms with van der Waals surface area (Å²) in [6, 6.07) is 3.46. The van der Waals surface area contributed by atoms with Crippen molar-refractivity contribution < 1.29 is 13.2 Å². The molecule has 0 saturated heterocycles. The van der Waals surface area contributed by atoms with Crippen LogP contribution in [0.1, 0.15) is 17.3 Å². The monoisotopic (exact) mass is 288 g/mol. The van der Waals surface area contributed by atoms with Crippen LogP contribution in [0, 0.1) is 6.92 Å². The third-order valence-corrected chi connectivity index (χ3v) is 3.06. The Kier molecular flexibility index (Phi) is 4.41. The molecule has 104 valence electrons. The molecule has 0 radical (unpaired) electrons. The largest absolute Gasteiger partial charge is 0.463 e. The fourth-order valence-corrected chi connectivity index (χ4v) is 2.02. The first-order valence-corrected chi connectivity index (χ1v) is 6.68. The van der Waals surface area contributed by atoms with Gasteiger partial charge in [-0.25, -0.2) is 4.68 Å². The van der Waals surface area contributed by atoms with Gasteiger partial charge in [-0.05, 0) is 19.1 Å². The van der Waals surface area contributed by atoms with Crippen molar-refractivity contribution in [3.05, 3.63) is 29.5 Å². The molecule has 0 atom stereocenters. The maximum Gasteiger partial charge on any atom is 0.284 e. The molecule has 0 aliphatic heterocycles. The number of anilines is 1. The van der Waals surface area contributed by atoms with Gasteiger partial charge in [-0.3, -0.25) is 0 Å². The summed E-state index contributed by atoms with van der Waals surface area (Å²) in [5.74, 6) is 0.312. The molecule has 0 saturated carbocycles. The molecule has 1 N–H and O–H groups in total. The Morgan fingerprint density at radius 1 is 1.42 bits per heavy atom. The molecule has 2 heterocycles. The summed E-state index contributed by atoms with van der Waals surface area (Å²) in [6.45, 7) is 2.24. The lowest BCUT2D eigenvalue weighted by molar-refractivity contribution is 0.251. The first-order valence-electron chi connectivity index (χ1n) is 5.63. The highest BCUT2D eigenvalue weighted by Gasteiger charge is 2.08. The van der Waals surface area contributed by atoms with E-state index in [1.807, 2.05) is 0 Å². The minimum Gasteiger partial charge on any atom is -0.463 e. The molecule has 0 aliphatic carbocycles. The van der Waals surface area contributed by atoms with Gasteiger partial charge in [0.2, 0.25) is 5.95 Å². The third kappa shape index (κ3) is 3.95. The van der Waals surface area contributed by atoms with Crippen molar-refractivity contribution in [2.45, 2.75) is 25.0 Å². The van der Waals surface area contributed by atoms with Crippen LogP contribution in [0.15, 0.2) is 16.5 Å². The summed E-state index contributed by atoms with van der Waals surface area (Å²) in [4.78, 5) is 4.19. The van der Waals surface area contributed by atoms with Crippen molar-refractivity contribution in [1.29, 1.82) is 0 Å². The van der Waals surface area contributed by atoms with Crippen molar-refractivity contribution in [2.24, 2.45) is 7.05 Å². The second-order valence-corrected chi connectivity index (χ2v) is 4.88. The molecule has 2 rings (SSSR count). The van der Waals surface area contributed by atoms with E-state index in [4.69, 9.17) is 4.42 Å². The van der Waals surface area contributed by atoms with Gasteiger partial charge < -0.3 is 9.73 Å². The minimum atomic E-state index is -2.38. The van der Waals surface area contributed by atoms with Crippen LogP contribution in [0.3, 0.4) is 0 Å². The maximum atomic E-state index is 12.0. The highest BCUT2D eigenvalue weighted by molar-refractivity contribution is 7.98. The van der Waals surface area contributed by atoms with Crippen LogP contribution >= 0.6 is 11.8 Å². The lowest BCUT2D eigenvalue weighted by Gasteiger charge is -2.02. The summed E-state index contributed by atoms with van der Waals surface area (Å²) >= 11 is 0.544. The van der Waals surface area contributed by atoms with Crippen molar-refractivity contribution in [3.8, 4) is 0 Å². The zero-order valence-corrected chi connectivity index (χ0v) is 11.4. The molecule has 5 nitrogen and oxygen atoms in total. The van der Waals surface area contributed by atoms with Gasteiger partial charge in [0.25, 0.3) is 5.76 Å². The Morgan fingerprint density at radius 3 is 2.79 bits per heavy atom. The lowest BCUT2D eigenvalue weighted by Crippen LogP contribution is -2.04. The number of nitrogens with one attached hydrogen (secondary N) is 1. The van der Waals surface area contributed by atoms with E-state index in [0.29, 0.717) is 41.6 Å². The van der Waals surface area contributed by atoms with E-state index in [-0.39, 0.29) is 5.75 Å². The Bertz CT molecular complexity index is 541. The quantitative estimate of drug-likeness (QED) is 0.885. The second kappa shape index (κ2) is 6.05. The number of thioether (sulfide) groups is 1. The predicted octanol–water partition coefficient (Wildman–Crippen LogP) is 2.78. The van der Waals surface area contributed by atoms with Crippen LogP contribution in [0.25, 0.3) is 0 Å². The fourth-order valence-electron chi connectivity index (χ4n) is 1.57. The van der Waals surface area contributed by atoms with E-state index in [2.05, 4.69) is 15.4 Å². The lowest BCUT2D eigenvalue weighted by atomic mass is 10.4. The van der Waals surface area contributed by atoms with E-state index < -0.39 is 5.76 Å². The highest BCUT2D eigenvalue weighted by Crippen LogP contribution is 2.21. The number of nitrogens with zero attached hydrogens (tertiary/aromatic N) is 3. The van der Waals surface area contributed by atoms with Crippen LogP contribution in [0.5, 0.6) is 0 Å². The number of hydrogen-bond acceptors (Lipinski definition) is 5. The molecule has 8 heteroatoms. The van der Waals surface area contributed by atoms with E-state index >= 15 is 0 Å². The fraction of sp³-hybridized carbons (Fsp3) is 0.455. The van der Waals surface area contributed by atoms with Crippen LogP contribution in [0.4, 0.5) is 14.7 Å². The minimum absolute atomic E-state index is 0.167. The Labute approximate surface area is 113 Å². The van der Waals surface area contributed by atoms with Crippen LogP contribution in [0.2, 0.25) is 0 Å². The SMILES string of the molecule is Cc1nc(NCc2ccc(CSC(F)F)o2)n(C)n1. The number of rotatable bonds is 6. The van der Waals surface area contributed by atoms with Gasteiger partial charge in [0, 0.05) is 7.05 Å². The molecule has 0 aromatic carbocycles. The smallest absolute Gasteiger partial charge is 0.284 e. The number of halogens is 2. The summed E-state index contributed by atoms with van der Waals surface area (Å²) < 4.78 is 31.1. The van der Waals surface area contributed by atoms with Gasteiger partial charge in [-0.15, -0.1) is 0 Å². The topological polar surface area (TPSA) is 55.9 Å². The van der Waals surface area contributed by atoms with Gasteiger partial charge in [-0.2, -0.15) is 18.9 Å². The number of furan rings is 1. The Balaban J connectivity index is 1.88. The average Bonchev–Trinajstić information content (AvgIpc) is 2.91. The number of alkyl halides is 2. The molecule has 0 amide bonds. The second-order valence-electron chi connectivity index (χ2n) is 3.90. The Hall–Kier alpha value is -1.57. The molecule has 2 aromatic rings. The summed E-state index contributed by atoms with van der Waals surface area (Å²) in [5, 5.41) is 7.17. The van der Waals surface area contributed by atoms with E-state index in [9.17, 15) is 8.78 Å². The molecular weight excluding hydrogens is 274 g/mol. The van der Waals surface area contributed by atoms with E-state index in [0.717, 1.165) is 0 Å². The zero-order chi connectivity index (χ0) is 13.8. The van der Waals surface area contributed by atoms with Crippen molar-refractivity contribution in [2.75, 3.05) is 5.32 Å². The normalized spacial score (nSPS) is 11.2.